The van der Waals surface area contributed by atoms with Gasteiger partial charge in [-0.15, -0.1) is 6.42 Å². The summed E-state index contributed by atoms with van der Waals surface area (Å²) in [6.45, 7) is -0.576. The molecule has 0 bridgehead atoms. The van der Waals surface area contributed by atoms with E-state index in [1.165, 1.54) is 17.3 Å². The zero-order chi connectivity index (χ0) is 15.6. The Kier molecular flexibility index (Phi) is 4.49. The van der Waals surface area contributed by atoms with Crippen molar-refractivity contribution < 1.29 is 14.9 Å². The number of aromatic amines is 1. The Balaban J connectivity index is 2.45. The van der Waals surface area contributed by atoms with Gasteiger partial charge in [0.15, 0.2) is 5.60 Å². The molecular weight excluding hydrogens is 344 g/mol. The summed E-state index contributed by atoms with van der Waals surface area (Å²) in [4.78, 5) is 27.1. The van der Waals surface area contributed by atoms with Gasteiger partial charge in [0.25, 0.3) is 5.56 Å². The first-order chi connectivity index (χ1) is 9.97. The minimum atomic E-state index is -1.55. The Labute approximate surface area is 128 Å². The van der Waals surface area contributed by atoms with Crippen molar-refractivity contribution in [1.29, 1.82) is 0 Å². The molecule has 8 heteroatoms. The third-order valence-electron chi connectivity index (χ3n) is 3.34. The molecule has 0 spiro atoms. The van der Waals surface area contributed by atoms with Crippen LogP contribution in [0.3, 0.4) is 0 Å². The number of nitrogens with one attached hydrogen (secondary N) is 1. The highest BCUT2D eigenvalue weighted by Crippen LogP contribution is 2.35. The molecule has 21 heavy (non-hydrogen) atoms. The summed E-state index contributed by atoms with van der Waals surface area (Å²) in [6.07, 6.45) is 6.08. The summed E-state index contributed by atoms with van der Waals surface area (Å²) >= 11 is 3.05. The topological polar surface area (TPSA) is 105 Å². The lowest BCUT2D eigenvalue weighted by Gasteiger charge is -2.23. The van der Waals surface area contributed by atoms with Crippen LogP contribution in [-0.2, 0) is 4.74 Å². The van der Waals surface area contributed by atoms with Gasteiger partial charge in [-0.05, 0) is 11.1 Å². The standard InChI is InChI=1S/C13H13BrN2O5/c1-2-13(7-17)9(18)5-10(21-13)16-6-8(3-4-14)11(19)15-12(16)20/h1,3-4,6,9-10,17-18H,5,7H2,(H,15,19,20)/t9?,10-,13-/m0/s1. The highest BCUT2D eigenvalue weighted by Gasteiger charge is 2.47. The number of hydrogen-bond donors (Lipinski definition) is 3. The van der Waals surface area contributed by atoms with Gasteiger partial charge in [-0.3, -0.25) is 14.3 Å². The highest BCUT2D eigenvalue weighted by molar-refractivity contribution is 9.11. The van der Waals surface area contributed by atoms with E-state index in [4.69, 9.17) is 11.2 Å². The molecule has 1 aliphatic heterocycles. The molecule has 0 aromatic carbocycles. The molecule has 1 fully saturated rings. The minimum absolute atomic E-state index is 0.0220. The lowest BCUT2D eigenvalue weighted by Crippen LogP contribution is -2.41. The summed E-state index contributed by atoms with van der Waals surface area (Å²) in [5.74, 6) is 2.22. The first kappa shape index (κ1) is 15.7. The van der Waals surface area contributed by atoms with Gasteiger partial charge in [0.1, 0.15) is 12.3 Å². The molecule has 3 atom stereocenters. The van der Waals surface area contributed by atoms with Crippen LogP contribution < -0.4 is 11.2 Å². The van der Waals surface area contributed by atoms with Crippen LogP contribution >= 0.6 is 15.9 Å². The minimum Gasteiger partial charge on any atom is -0.392 e. The molecule has 1 aromatic heterocycles. The van der Waals surface area contributed by atoms with E-state index in [0.29, 0.717) is 0 Å². The average molecular weight is 357 g/mol. The Morgan fingerprint density at radius 2 is 2.38 bits per heavy atom. The largest absolute Gasteiger partial charge is 0.392 e. The molecule has 1 aromatic rings. The second-order valence-corrected chi connectivity index (χ2v) is 5.09. The monoisotopic (exact) mass is 356 g/mol. The summed E-state index contributed by atoms with van der Waals surface area (Å²) in [7, 11) is 0. The van der Waals surface area contributed by atoms with Gasteiger partial charge in [0, 0.05) is 12.6 Å². The Hall–Kier alpha value is -1.66. The molecule has 2 heterocycles. The van der Waals surface area contributed by atoms with Crippen LogP contribution in [0.25, 0.3) is 6.08 Å². The number of ether oxygens (including phenoxy) is 1. The van der Waals surface area contributed by atoms with Crippen LogP contribution in [0.15, 0.2) is 20.8 Å². The van der Waals surface area contributed by atoms with E-state index in [-0.39, 0.29) is 12.0 Å². The maximum atomic E-state index is 11.9. The SMILES string of the molecule is C#C[C@@]1(CO)O[C@H](n2cc(C=CBr)c(=O)[nH]c2=O)CC1O. The quantitative estimate of drug-likeness (QED) is 0.636. The van der Waals surface area contributed by atoms with Crippen LogP contribution in [0.5, 0.6) is 0 Å². The number of aliphatic hydroxyl groups excluding tert-OH is 2. The smallest absolute Gasteiger partial charge is 0.330 e. The first-order valence-electron chi connectivity index (χ1n) is 6.04. The van der Waals surface area contributed by atoms with Crippen molar-refractivity contribution in [3.8, 4) is 12.3 Å². The van der Waals surface area contributed by atoms with Crippen molar-refractivity contribution in [3.63, 3.8) is 0 Å². The van der Waals surface area contributed by atoms with Gasteiger partial charge in [0.2, 0.25) is 0 Å². The summed E-state index contributed by atoms with van der Waals surface area (Å²) in [5.41, 5.74) is -2.55. The van der Waals surface area contributed by atoms with Crippen molar-refractivity contribution in [2.24, 2.45) is 0 Å². The Morgan fingerprint density at radius 1 is 1.67 bits per heavy atom. The molecule has 1 aliphatic rings. The number of aromatic nitrogens is 2. The Morgan fingerprint density at radius 3 is 2.90 bits per heavy atom. The zero-order valence-corrected chi connectivity index (χ0v) is 12.4. The highest BCUT2D eigenvalue weighted by atomic mass is 79.9. The van der Waals surface area contributed by atoms with Crippen LogP contribution in [-0.4, -0.2) is 38.1 Å². The van der Waals surface area contributed by atoms with Crippen molar-refractivity contribution >= 4 is 22.0 Å². The first-order valence-corrected chi connectivity index (χ1v) is 6.95. The second-order valence-electron chi connectivity index (χ2n) is 4.56. The second kappa shape index (κ2) is 5.99. The van der Waals surface area contributed by atoms with E-state index < -0.39 is 35.8 Å². The number of nitrogens with zero attached hydrogens (tertiary/aromatic N) is 1. The molecule has 3 N–H and O–H groups in total. The van der Waals surface area contributed by atoms with Gasteiger partial charge in [-0.2, -0.15) is 0 Å². The molecule has 2 rings (SSSR count). The molecule has 0 aliphatic carbocycles. The van der Waals surface area contributed by atoms with E-state index >= 15 is 0 Å². The average Bonchev–Trinajstić information content (AvgIpc) is 2.79. The molecule has 1 saturated heterocycles. The molecule has 1 unspecified atom stereocenters. The summed E-state index contributed by atoms with van der Waals surface area (Å²) in [5, 5.41) is 19.3. The van der Waals surface area contributed by atoms with Crippen molar-refractivity contribution in [1.82, 2.24) is 9.55 Å². The number of rotatable bonds is 3. The van der Waals surface area contributed by atoms with Crippen LogP contribution in [0, 0.1) is 12.3 Å². The number of terminal acetylenes is 1. The van der Waals surface area contributed by atoms with E-state index in [0.717, 1.165) is 4.57 Å². The van der Waals surface area contributed by atoms with Crippen molar-refractivity contribution in [2.75, 3.05) is 6.61 Å². The van der Waals surface area contributed by atoms with Crippen LogP contribution in [0.4, 0.5) is 0 Å². The summed E-state index contributed by atoms with van der Waals surface area (Å²) < 4.78 is 6.60. The van der Waals surface area contributed by atoms with E-state index in [9.17, 15) is 19.8 Å². The van der Waals surface area contributed by atoms with Gasteiger partial charge in [-0.1, -0.05) is 21.9 Å². The van der Waals surface area contributed by atoms with Crippen LogP contribution in [0.2, 0.25) is 0 Å². The number of H-pyrrole nitrogens is 1. The normalized spacial score (nSPS) is 28.9. The summed E-state index contributed by atoms with van der Waals surface area (Å²) in [6, 6.07) is 0. The molecule has 0 saturated carbocycles. The predicted molar refractivity (Wildman–Crippen MR) is 78.7 cm³/mol. The van der Waals surface area contributed by atoms with Crippen LogP contribution in [0.1, 0.15) is 18.2 Å². The van der Waals surface area contributed by atoms with E-state index in [1.54, 1.807) is 0 Å². The number of aliphatic hydroxyl groups is 2. The van der Waals surface area contributed by atoms with Gasteiger partial charge >= 0.3 is 5.69 Å². The Bertz CT molecular complexity index is 716. The van der Waals surface area contributed by atoms with Gasteiger partial charge in [-0.25, -0.2) is 4.79 Å². The molecular formula is C13H13BrN2O5. The molecule has 0 amide bonds. The molecule has 7 nitrogen and oxygen atoms in total. The predicted octanol–water partition coefficient (Wildman–Crippen LogP) is -0.454. The fraction of sp³-hybridized carbons (Fsp3) is 0.385. The fourth-order valence-corrected chi connectivity index (χ4v) is 2.43. The third-order valence-corrected chi connectivity index (χ3v) is 3.60. The van der Waals surface area contributed by atoms with E-state index in [1.807, 2.05) is 0 Å². The maximum Gasteiger partial charge on any atom is 0.330 e. The van der Waals surface area contributed by atoms with E-state index in [2.05, 4.69) is 26.8 Å². The number of halogens is 1. The maximum absolute atomic E-state index is 11.9. The van der Waals surface area contributed by atoms with Gasteiger partial charge in [0.05, 0.1) is 12.2 Å². The molecule has 112 valence electrons. The van der Waals surface area contributed by atoms with Crippen molar-refractivity contribution in [2.45, 2.75) is 24.4 Å². The van der Waals surface area contributed by atoms with Gasteiger partial charge < -0.3 is 14.9 Å². The zero-order valence-electron chi connectivity index (χ0n) is 10.8. The number of hydrogen-bond acceptors (Lipinski definition) is 5. The fourth-order valence-electron chi connectivity index (χ4n) is 2.14. The lowest BCUT2D eigenvalue weighted by molar-refractivity contribution is -0.0912. The lowest BCUT2D eigenvalue weighted by atomic mass is 9.99. The van der Waals surface area contributed by atoms with Crippen molar-refractivity contribution in [3.05, 3.63) is 37.6 Å². The molecule has 0 radical (unpaired) electrons. The third kappa shape index (κ3) is 2.73.